The fraction of sp³-hybridized carbons (Fsp3) is 0.133. The van der Waals surface area contributed by atoms with Crippen LogP contribution < -0.4 is 16.4 Å². The van der Waals surface area contributed by atoms with Crippen LogP contribution in [0.1, 0.15) is 23.7 Å². The van der Waals surface area contributed by atoms with Gasteiger partial charge in [0.15, 0.2) is 0 Å². The first kappa shape index (κ1) is 14.5. The number of nitrogens with zero attached hydrogens (tertiary/aromatic N) is 1. The highest BCUT2D eigenvalue weighted by atomic mass is 16.2. The lowest BCUT2D eigenvalue weighted by Gasteiger charge is -2.08. The highest BCUT2D eigenvalue weighted by Gasteiger charge is 2.08. The van der Waals surface area contributed by atoms with Crippen LogP contribution >= 0.6 is 0 Å². The number of benzene rings is 1. The maximum atomic E-state index is 12.1. The zero-order valence-electron chi connectivity index (χ0n) is 11.6. The molecular weight excluding hydrogens is 268 g/mol. The second-order valence-electron chi connectivity index (χ2n) is 4.40. The summed E-state index contributed by atoms with van der Waals surface area (Å²) in [5.74, 6) is -0.349. The molecule has 1 aromatic carbocycles. The highest BCUT2D eigenvalue weighted by molar-refractivity contribution is 6.06. The van der Waals surface area contributed by atoms with Crippen LogP contribution in [0.3, 0.4) is 0 Å². The van der Waals surface area contributed by atoms with Crippen molar-refractivity contribution in [3.8, 4) is 0 Å². The Labute approximate surface area is 122 Å². The Bertz CT molecular complexity index is 653. The van der Waals surface area contributed by atoms with E-state index in [9.17, 15) is 9.59 Å². The van der Waals surface area contributed by atoms with Crippen LogP contribution in [0.25, 0.3) is 0 Å². The van der Waals surface area contributed by atoms with Gasteiger partial charge in [-0.3, -0.25) is 14.6 Å². The SMILES string of the molecule is CCC(=O)Nc1ccc(C(=O)Nc2ccncc2N)cc1. The summed E-state index contributed by atoms with van der Waals surface area (Å²) in [6.07, 6.45) is 3.43. The van der Waals surface area contributed by atoms with Gasteiger partial charge in [0.05, 0.1) is 17.6 Å². The van der Waals surface area contributed by atoms with E-state index < -0.39 is 0 Å². The number of hydrogen-bond acceptors (Lipinski definition) is 4. The third-order valence-corrected chi connectivity index (χ3v) is 2.85. The van der Waals surface area contributed by atoms with Crippen molar-refractivity contribution < 1.29 is 9.59 Å². The van der Waals surface area contributed by atoms with E-state index in [-0.39, 0.29) is 11.8 Å². The summed E-state index contributed by atoms with van der Waals surface area (Å²) < 4.78 is 0. The zero-order chi connectivity index (χ0) is 15.2. The van der Waals surface area contributed by atoms with Crippen LogP contribution in [0.4, 0.5) is 17.1 Å². The third-order valence-electron chi connectivity index (χ3n) is 2.85. The topological polar surface area (TPSA) is 97.1 Å². The number of nitrogen functional groups attached to an aromatic ring is 1. The molecule has 0 aliphatic heterocycles. The largest absolute Gasteiger partial charge is 0.396 e. The Balaban J connectivity index is 2.06. The maximum Gasteiger partial charge on any atom is 0.255 e. The minimum absolute atomic E-state index is 0.0724. The maximum absolute atomic E-state index is 12.1. The molecule has 0 spiro atoms. The summed E-state index contributed by atoms with van der Waals surface area (Å²) in [6.45, 7) is 1.77. The molecule has 1 aromatic heterocycles. The lowest BCUT2D eigenvalue weighted by atomic mass is 10.2. The lowest BCUT2D eigenvalue weighted by Crippen LogP contribution is -2.14. The van der Waals surface area contributed by atoms with Crippen LogP contribution in [-0.2, 0) is 4.79 Å². The summed E-state index contributed by atoms with van der Waals surface area (Å²) >= 11 is 0. The minimum Gasteiger partial charge on any atom is -0.396 e. The predicted molar refractivity (Wildman–Crippen MR) is 82.0 cm³/mol. The number of carbonyl (C=O) groups is 2. The van der Waals surface area contributed by atoms with E-state index in [1.165, 1.54) is 6.20 Å². The van der Waals surface area contributed by atoms with Crippen molar-refractivity contribution >= 4 is 28.9 Å². The molecule has 0 saturated heterocycles. The van der Waals surface area contributed by atoms with Crippen molar-refractivity contribution in [3.63, 3.8) is 0 Å². The van der Waals surface area contributed by atoms with Gasteiger partial charge in [0.2, 0.25) is 5.91 Å². The average Bonchev–Trinajstić information content (AvgIpc) is 2.50. The second kappa shape index (κ2) is 6.51. The molecule has 21 heavy (non-hydrogen) atoms. The molecule has 6 heteroatoms. The number of carbonyl (C=O) groups excluding carboxylic acids is 2. The fourth-order valence-electron chi connectivity index (χ4n) is 1.67. The molecule has 4 N–H and O–H groups in total. The molecule has 0 atom stereocenters. The smallest absolute Gasteiger partial charge is 0.255 e. The number of nitrogens with one attached hydrogen (secondary N) is 2. The molecule has 108 valence electrons. The Morgan fingerprint density at radius 3 is 2.48 bits per heavy atom. The first-order chi connectivity index (χ1) is 10.1. The highest BCUT2D eigenvalue weighted by Crippen LogP contribution is 2.17. The van der Waals surface area contributed by atoms with E-state index in [2.05, 4.69) is 15.6 Å². The van der Waals surface area contributed by atoms with Gasteiger partial charge in [0.25, 0.3) is 5.91 Å². The quantitative estimate of drug-likeness (QED) is 0.802. The summed E-state index contributed by atoms with van der Waals surface area (Å²) in [5, 5.41) is 5.42. The van der Waals surface area contributed by atoms with Crippen molar-refractivity contribution in [2.45, 2.75) is 13.3 Å². The molecule has 6 nitrogen and oxygen atoms in total. The molecule has 0 saturated carbocycles. The number of nitrogens with two attached hydrogens (primary N) is 1. The Morgan fingerprint density at radius 2 is 1.86 bits per heavy atom. The number of pyridine rings is 1. The Hall–Kier alpha value is -2.89. The van der Waals surface area contributed by atoms with Crippen molar-refractivity contribution in [2.24, 2.45) is 0 Å². The van der Waals surface area contributed by atoms with E-state index in [1.807, 2.05) is 0 Å². The summed E-state index contributed by atoms with van der Waals surface area (Å²) in [4.78, 5) is 27.2. The van der Waals surface area contributed by atoms with Gasteiger partial charge >= 0.3 is 0 Å². The van der Waals surface area contributed by atoms with Crippen molar-refractivity contribution in [1.29, 1.82) is 0 Å². The molecule has 0 aliphatic rings. The molecule has 0 aliphatic carbocycles. The van der Waals surface area contributed by atoms with Crippen molar-refractivity contribution in [3.05, 3.63) is 48.3 Å². The van der Waals surface area contributed by atoms with Gasteiger partial charge in [-0.05, 0) is 30.3 Å². The molecule has 0 unspecified atom stereocenters. The third kappa shape index (κ3) is 3.79. The van der Waals surface area contributed by atoms with E-state index in [0.717, 1.165) is 0 Å². The number of hydrogen-bond donors (Lipinski definition) is 3. The van der Waals surface area contributed by atoms with E-state index in [0.29, 0.717) is 29.0 Å². The average molecular weight is 284 g/mol. The molecule has 2 amide bonds. The van der Waals surface area contributed by atoms with Gasteiger partial charge in [-0.2, -0.15) is 0 Å². The molecule has 1 heterocycles. The van der Waals surface area contributed by atoms with Crippen LogP contribution in [0, 0.1) is 0 Å². The first-order valence-electron chi connectivity index (χ1n) is 6.51. The van der Waals surface area contributed by atoms with Gasteiger partial charge in [-0.15, -0.1) is 0 Å². The lowest BCUT2D eigenvalue weighted by molar-refractivity contribution is -0.115. The number of amides is 2. The summed E-state index contributed by atoms with van der Waals surface area (Å²) in [7, 11) is 0. The normalized spacial score (nSPS) is 9.95. The van der Waals surface area contributed by atoms with Gasteiger partial charge in [0.1, 0.15) is 0 Å². The Kier molecular flexibility index (Phi) is 4.50. The monoisotopic (exact) mass is 284 g/mol. The standard InChI is InChI=1S/C15H16N4O2/c1-2-14(20)18-11-5-3-10(4-6-11)15(21)19-13-7-8-17-9-12(13)16/h3-9H,2,16H2,1H3,(H,18,20)(H,17,19,21). The first-order valence-corrected chi connectivity index (χ1v) is 6.51. The molecule has 2 aromatic rings. The second-order valence-corrected chi connectivity index (χ2v) is 4.40. The van der Waals surface area contributed by atoms with Gasteiger partial charge in [-0.25, -0.2) is 0 Å². The number of rotatable bonds is 4. The fourth-order valence-corrected chi connectivity index (χ4v) is 1.67. The van der Waals surface area contributed by atoms with E-state index in [4.69, 9.17) is 5.73 Å². The molecule has 0 fully saturated rings. The number of anilines is 3. The van der Waals surface area contributed by atoms with Gasteiger partial charge in [0, 0.05) is 23.9 Å². The number of aromatic nitrogens is 1. The van der Waals surface area contributed by atoms with Gasteiger partial charge < -0.3 is 16.4 Å². The van der Waals surface area contributed by atoms with Crippen LogP contribution in [-0.4, -0.2) is 16.8 Å². The zero-order valence-corrected chi connectivity index (χ0v) is 11.6. The van der Waals surface area contributed by atoms with Crippen molar-refractivity contribution in [1.82, 2.24) is 4.98 Å². The summed E-state index contributed by atoms with van der Waals surface area (Å²) in [6, 6.07) is 8.26. The van der Waals surface area contributed by atoms with E-state index >= 15 is 0 Å². The van der Waals surface area contributed by atoms with Crippen molar-refractivity contribution in [2.75, 3.05) is 16.4 Å². The minimum atomic E-state index is -0.277. The Morgan fingerprint density at radius 1 is 1.14 bits per heavy atom. The summed E-state index contributed by atoms with van der Waals surface area (Å²) in [5.41, 5.74) is 7.76. The predicted octanol–water partition coefficient (Wildman–Crippen LogP) is 2.26. The molecule has 0 radical (unpaired) electrons. The van der Waals surface area contributed by atoms with Crippen LogP contribution in [0.5, 0.6) is 0 Å². The molecular formula is C15H16N4O2. The van der Waals surface area contributed by atoms with E-state index in [1.54, 1.807) is 43.5 Å². The van der Waals surface area contributed by atoms with Gasteiger partial charge in [-0.1, -0.05) is 6.92 Å². The molecule has 2 rings (SSSR count). The molecule has 0 bridgehead atoms. The van der Waals surface area contributed by atoms with Crippen LogP contribution in [0.2, 0.25) is 0 Å². The van der Waals surface area contributed by atoms with Crippen LogP contribution in [0.15, 0.2) is 42.7 Å².